The Balaban J connectivity index is 2.59. The molecular weight excluding hydrogens is 252 g/mol. The third-order valence-electron chi connectivity index (χ3n) is 3.16. The molecule has 0 aliphatic carbocycles. The predicted molar refractivity (Wildman–Crippen MR) is 81.6 cm³/mol. The quantitative estimate of drug-likeness (QED) is 0.806. The largest absolute Gasteiger partial charge is 0.491 e. The van der Waals surface area contributed by atoms with Gasteiger partial charge in [0.05, 0.1) is 12.1 Å². The Hall–Kier alpha value is -1.55. The normalized spacial score (nSPS) is 13.9. The topological polar surface area (TPSA) is 64.3 Å². The molecule has 0 fully saturated rings. The molecule has 112 valence electrons. The second-order valence-electron chi connectivity index (χ2n) is 5.44. The third-order valence-corrected chi connectivity index (χ3v) is 3.16. The van der Waals surface area contributed by atoms with Gasteiger partial charge in [0.1, 0.15) is 5.75 Å². The highest BCUT2D eigenvalue weighted by molar-refractivity contribution is 5.78. The summed E-state index contributed by atoms with van der Waals surface area (Å²) >= 11 is 0. The Morgan fingerprint density at radius 3 is 2.30 bits per heavy atom. The minimum atomic E-state index is -0.0500. The second kappa shape index (κ2) is 7.90. The SMILES string of the molecule is CC(C)Oc1ccc(C(C)NC(=O)C(C)CCN)cc1. The lowest BCUT2D eigenvalue weighted by Gasteiger charge is -2.18. The molecule has 0 heterocycles. The number of carbonyl (C=O) groups is 1. The lowest BCUT2D eigenvalue weighted by atomic mass is 10.0. The van der Waals surface area contributed by atoms with Crippen LogP contribution in [-0.2, 0) is 4.79 Å². The molecule has 4 heteroatoms. The molecule has 1 aromatic carbocycles. The summed E-state index contributed by atoms with van der Waals surface area (Å²) in [5.41, 5.74) is 6.54. The lowest BCUT2D eigenvalue weighted by molar-refractivity contribution is -0.125. The fourth-order valence-corrected chi connectivity index (χ4v) is 1.93. The minimum Gasteiger partial charge on any atom is -0.491 e. The van der Waals surface area contributed by atoms with Crippen molar-refractivity contribution in [1.29, 1.82) is 0 Å². The maximum atomic E-state index is 11.9. The minimum absolute atomic E-state index is 0.0178. The molecular formula is C16H26N2O2. The van der Waals surface area contributed by atoms with E-state index in [2.05, 4.69) is 5.32 Å². The lowest BCUT2D eigenvalue weighted by Crippen LogP contribution is -2.32. The van der Waals surface area contributed by atoms with Crippen molar-refractivity contribution < 1.29 is 9.53 Å². The average Bonchev–Trinajstić information content (AvgIpc) is 2.39. The molecule has 0 saturated heterocycles. The number of benzene rings is 1. The van der Waals surface area contributed by atoms with E-state index in [0.29, 0.717) is 13.0 Å². The maximum absolute atomic E-state index is 11.9. The summed E-state index contributed by atoms with van der Waals surface area (Å²) < 4.78 is 5.60. The van der Waals surface area contributed by atoms with Crippen molar-refractivity contribution in [2.24, 2.45) is 11.7 Å². The van der Waals surface area contributed by atoms with Crippen molar-refractivity contribution in [3.8, 4) is 5.75 Å². The molecule has 0 spiro atoms. The Labute approximate surface area is 121 Å². The van der Waals surface area contributed by atoms with Gasteiger partial charge in [-0.1, -0.05) is 19.1 Å². The highest BCUT2D eigenvalue weighted by Gasteiger charge is 2.15. The monoisotopic (exact) mass is 278 g/mol. The van der Waals surface area contributed by atoms with Gasteiger partial charge < -0.3 is 15.8 Å². The highest BCUT2D eigenvalue weighted by atomic mass is 16.5. The van der Waals surface area contributed by atoms with E-state index in [4.69, 9.17) is 10.5 Å². The molecule has 0 aromatic heterocycles. The molecule has 0 bridgehead atoms. The van der Waals surface area contributed by atoms with E-state index in [1.54, 1.807) is 0 Å². The Kier molecular flexibility index (Phi) is 6.52. The first-order chi connectivity index (χ1) is 9.43. The van der Waals surface area contributed by atoms with Crippen LogP contribution in [0.3, 0.4) is 0 Å². The van der Waals surface area contributed by atoms with Crippen LogP contribution in [0.1, 0.15) is 45.7 Å². The van der Waals surface area contributed by atoms with Gasteiger partial charge in [-0.25, -0.2) is 0 Å². The molecule has 2 atom stereocenters. The summed E-state index contributed by atoms with van der Waals surface area (Å²) in [4.78, 5) is 11.9. The fraction of sp³-hybridized carbons (Fsp3) is 0.562. The molecule has 0 aliphatic rings. The zero-order valence-corrected chi connectivity index (χ0v) is 12.8. The summed E-state index contributed by atoms with van der Waals surface area (Å²) in [7, 11) is 0. The van der Waals surface area contributed by atoms with Crippen LogP contribution in [0.4, 0.5) is 0 Å². The van der Waals surface area contributed by atoms with Crippen LogP contribution in [0.25, 0.3) is 0 Å². The van der Waals surface area contributed by atoms with Crippen LogP contribution >= 0.6 is 0 Å². The first kappa shape index (κ1) is 16.5. The van der Waals surface area contributed by atoms with Crippen LogP contribution in [0.5, 0.6) is 5.75 Å². The summed E-state index contributed by atoms with van der Waals surface area (Å²) in [6.45, 7) is 8.40. The number of nitrogens with one attached hydrogen (secondary N) is 1. The maximum Gasteiger partial charge on any atom is 0.223 e. The summed E-state index contributed by atoms with van der Waals surface area (Å²) in [6, 6.07) is 7.81. The molecule has 3 N–H and O–H groups in total. The van der Waals surface area contributed by atoms with Crippen LogP contribution in [0, 0.1) is 5.92 Å². The van der Waals surface area contributed by atoms with Crippen LogP contribution in [-0.4, -0.2) is 18.6 Å². The zero-order chi connectivity index (χ0) is 15.1. The number of ether oxygens (including phenoxy) is 1. The van der Waals surface area contributed by atoms with E-state index in [9.17, 15) is 4.79 Å². The van der Waals surface area contributed by atoms with Crippen molar-refractivity contribution in [3.63, 3.8) is 0 Å². The first-order valence-electron chi connectivity index (χ1n) is 7.21. The van der Waals surface area contributed by atoms with Crippen molar-refractivity contribution in [3.05, 3.63) is 29.8 Å². The van der Waals surface area contributed by atoms with Crippen LogP contribution < -0.4 is 15.8 Å². The van der Waals surface area contributed by atoms with Gasteiger partial charge in [-0.2, -0.15) is 0 Å². The van der Waals surface area contributed by atoms with Gasteiger partial charge in [0.25, 0.3) is 0 Å². The van der Waals surface area contributed by atoms with Gasteiger partial charge in [-0.15, -0.1) is 0 Å². The number of carbonyl (C=O) groups excluding carboxylic acids is 1. The molecule has 0 radical (unpaired) electrons. The number of hydrogen-bond acceptors (Lipinski definition) is 3. The second-order valence-corrected chi connectivity index (χ2v) is 5.44. The van der Waals surface area contributed by atoms with Crippen molar-refractivity contribution in [2.45, 2.75) is 46.3 Å². The Morgan fingerprint density at radius 2 is 1.80 bits per heavy atom. The van der Waals surface area contributed by atoms with Crippen molar-refractivity contribution in [1.82, 2.24) is 5.32 Å². The van der Waals surface area contributed by atoms with E-state index >= 15 is 0 Å². The van der Waals surface area contributed by atoms with E-state index in [-0.39, 0.29) is 24.0 Å². The molecule has 1 aromatic rings. The number of rotatable bonds is 7. The van der Waals surface area contributed by atoms with Gasteiger partial charge in [0, 0.05) is 5.92 Å². The van der Waals surface area contributed by atoms with Crippen molar-refractivity contribution in [2.75, 3.05) is 6.54 Å². The predicted octanol–water partition coefficient (Wildman–Crippen LogP) is 2.64. The van der Waals surface area contributed by atoms with Gasteiger partial charge in [0.15, 0.2) is 0 Å². The smallest absolute Gasteiger partial charge is 0.223 e. The first-order valence-corrected chi connectivity index (χ1v) is 7.21. The molecule has 1 rings (SSSR count). The Morgan fingerprint density at radius 1 is 1.20 bits per heavy atom. The van der Waals surface area contributed by atoms with Gasteiger partial charge >= 0.3 is 0 Å². The average molecular weight is 278 g/mol. The van der Waals surface area contributed by atoms with Gasteiger partial charge in [-0.3, -0.25) is 4.79 Å². The van der Waals surface area contributed by atoms with E-state index in [0.717, 1.165) is 11.3 Å². The number of amides is 1. The van der Waals surface area contributed by atoms with Gasteiger partial charge in [0.2, 0.25) is 5.91 Å². The molecule has 2 unspecified atom stereocenters. The summed E-state index contributed by atoms with van der Waals surface area (Å²) in [5.74, 6) is 0.843. The molecule has 20 heavy (non-hydrogen) atoms. The van der Waals surface area contributed by atoms with E-state index in [1.807, 2.05) is 52.0 Å². The van der Waals surface area contributed by atoms with Crippen LogP contribution in [0.15, 0.2) is 24.3 Å². The molecule has 4 nitrogen and oxygen atoms in total. The van der Waals surface area contributed by atoms with E-state index < -0.39 is 0 Å². The fourth-order valence-electron chi connectivity index (χ4n) is 1.93. The Bertz CT molecular complexity index is 415. The highest BCUT2D eigenvalue weighted by Crippen LogP contribution is 2.19. The van der Waals surface area contributed by atoms with Crippen LogP contribution in [0.2, 0.25) is 0 Å². The molecule has 0 aliphatic heterocycles. The molecule has 0 saturated carbocycles. The molecule has 1 amide bonds. The number of hydrogen-bond donors (Lipinski definition) is 2. The standard InChI is InChI=1S/C16H26N2O2/c1-11(2)20-15-7-5-14(6-8-15)13(4)18-16(19)12(3)9-10-17/h5-8,11-13H,9-10,17H2,1-4H3,(H,18,19). The summed E-state index contributed by atoms with van der Waals surface area (Å²) in [5, 5.41) is 3.01. The summed E-state index contributed by atoms with van der Waals surface area (Å²) in [6.07, 6.45) is 0.870. The van der Waals surface area contributed by atoms with Crippen molar-refractivity contribution >= 4 is 5.91 Å². The number of nitrogens with two attached hydrogens (primary N) is 1. The third kappa shape index (κ3) is 5.21. The van der Waals surface area contributed by atoms with Gasteiger partial charge in [-0.05, 0) is 51.4 Å². The van der Waals surface area contributed by atoms with E-state index in [1.165, 1.54) is 0 Å². The zero-order valence-electron chi connectivity index (χ0n) is 12.8.